The predicted molar refractivity (Wildman–Crippen MR) is 71.7 cm³/mol. The Morgan fingerprint density at radius 3 is 2.57 bits per heavy atom. The number of likely N-dealkylation sites (tertiary alicyclic amines) is 1. The minimum Gasteiger partial charge on any atom is -0.476 e. The molecular formula is C13H17F3N4O3. The smallest absolute Gasteiger partial charge is 0.394 e. The van der Waals surface area contributed by atoms with E-state index in [2.05, 4.69) is 10.3 Å². The van der Waals surface area contributed by atoms with Crippen molar-refractivity contribution in [3.63, 3.8) is 0 Å². The van der Waals surface area contributed by atoms with Gasteiger partial charge < -0.3 is 10.0 Å². The summed E-state index contributed by atoms with van der Waals surface area (Å²) in [6, 6.07) is -0.284. The minimum absolute atomic E-state index is 0.190. The first-order valence-corrected chi connectivity index (χ1v) is 7.01. The zero-order valence-corrected chi connectivity index (χ0v) is 12.7. The molecule has 0 bridgehead atoms. The van der Waals surface area contributed by atoms with E-state index in [4.69, 9.17) is 5.11 Å². The Kier molecular flexibility index (Phi) is 4.36. The van der Waals surface area contributed by atoms with E-state index in [1.165, 1.54) is 15.8 Å². The Bertz CT molecular complexity index is 612. The number of aromatic carboxylic acids is 1. The van der Waals surface area contributed by atoms with E-state index in [9.17, 15) is 22.8 Å². The van der Waals surface area contributed by atoms with Crippen LogP contribution in [-0.2, 0) is 4.79 Å². The number of rotatable bonds is 4. The molecule has 1 aromatic heterocycles. The number of amides is 1. The lowest BCUT2D eigenvalue weighted by Crippen LogP contribution is -2.39. The summed E-state index contributed by atoms with van der Waals surface area (Å²) >= 11 is 0. The molecule has 2 rings (SSSR count). The number of carbonyl (C=O) groups excluding carboxylic acids is 1. The fraction of sp³-hybridized carbons (Fsp3) is 0.692. The molecule has 0 aliphatic carbocycles. The molecule has 1 aliphatic heterocycles. The monoisotopic (exact) mass is 334 g/mol. The summed E-state index contributed by atoms with van der Waals surface area (Å²) in [7, 11) is 0. The zero-order valence-electron chi connectivity index (χ0n) is 12.7. The molecule has 1 amide bonds. The Hall–Kier alpha value is -2.13. The number of alkyl halides is 3. The normalized spacial score (nSPS) is 19.2. The molecular weight excluding hydrogens is 317 g/mol. The number of carboxylic acid groups (broad SMARTS) is 1. The maximum Gasteiger partial charge on any atom is 0.394 e. The molecule has 128 valence electrons. The van der Waals surface area contributed by atoms with Crippen molar-refractivity contribution in [3.8, 4) is 0 Å². The second-order valence-electron chi connectivity index (χ2n) is 6.23. The van der Waals surface area contributed by atoms with Gasteiger partial charge >= 0.3 is 12.1 Å². The molecule has 2 heterocycles. The number of carboxylic acids is 1. The second-order valence-corrected chi connectivity index (χ2v) is 6.23. The molecule has 1 aliphatic rings. The van der Waals surface area contributed by atoms with E-state index in [1.54, 1.807) is 0 Å². The average Bonchev–Trinajstić information content (AvgIpc) is 3.06. The first-order valence-electron chi connectivity index (χ1n) is 7.01. The van der Waals surface area contributed by atoms with Crippen LogP contribution in [0.15, 0.2) is 6.20 Å². The number of carbonyl (C=O) groups is 2. The van der Waals surface area contributed by atoms with E-state index in [0.717, 1.165) is 13.8 Å². The molecule has 1 fully saturated rings. The van der Waals surface area contributed by atoms with Crippen LogP contribution in [0.1, 0.15) is 43.2 Å². The summed E-state index contributed by atoms with van der Waals surface area (Å²) in [5.74, 6) is -1.79. The van der Waals surface area contributed by atoms with Crippen molar-refractivity contribution in [2.75, 3.05) is 13.1 Å². The van der Waals surface area contributed by atoms with Crippen LogP contribution in [0.4, 0.5) is 13.2 Å². The van der Waals surface area contributed by atoms with Crippen LogP contribution in [0.3, 0.4) is 0 Å². The Balaban J connectivity index is 1.99. The van der Waals surface area contributed by atoms with Gasteiger partial charge in [-0.1, -0.05) is 19.1 Å². The van der Waals surface area contributed by atoms with Crippen molar-refractivity contribution in [2.24, 2.45) is 5.41 Å². The van der Waals surface area contributed by atoms with E-state index >= 15 is 0 Å². The van der Waals surface area contributed by atoms with Gasteiger partial charge in [-0.3, -0.25) is 4.79 Å². The van der Waals surface area contributed by atoms with E-state index < -0.39 is 29.9 Å². The van der Waals surface area contributed by atoms with Crippen molar-refractivity contribution in [1.82, 2.24) is 19.9 Å². The molecule has 23 heavy (non-hydrogen) atoms. The largest absolute Gasteiger partial charge is 0.476 e. The lowest BCUT2D eigenvalue weighted by Gasteiger charge is -2.29. The Morgan fingerprint density at radius 2 is 2.04 bits per heavy atom. The zero-order chi connectivity index (χ0) is 17.4. The molecule has 0 aromatic carbocycles. The van der Waals surface area contributed by atoms with Crippen LogP contribution in [0.25, 0.3) is 0 Å². The Labute approximate surface area is 130 Å². The van der Waals surface area contributed by atoms with Crippen LogP contribution in [0.5, 0.6) is 0 Å². The highest BCUT2D eigenvalue weighted by molar-refractivity contribution is 5.84. The fourth-order valence-electron chi connectivity index (χ4n) is 2.33. The average molecular weight is 334 g/mol. The maximum absolute atomic E-state index is 12.9. The van der Waals surface area contributed by atoms with Crippen molar-refractivity contribution in [3.05, 3.63) is 11.9 Å². The summed E-state index contributed by atoms with van der Waals surface area (Å²) in [5.41, 5.74) is -2.31. The van der Waals surface area contributed by atoms with Gasteiger partial charge in [-0.25, -0.2) is 9.48 Å². The van der Waals surface area contributed by atoms with Gasteiger partial charge in [0.25, 0.3) is 0 Å². The third-order valence-electron chi connectivity index (χ3n) is 3.98. The van der Waals surface area contributed by atoms with Gasteiger partial charge in [-0.2, -0.15) is 13.2 Å². The summed E-state index contributed by atoms with van der Waals surface area (Å²) in [6.07, 6.45) is -3.34. The highest BCUT2D eigenvalue weighted by Gasteiger charge is 2.49. The standard InChI is InChI=1S/C13H17F3N4O3/c1-12(2,13(14,15)16)5-10(21)19-4-3-8(6-19)20-7-9(11(22)23)17-18-20/h7-8H,3-6H2,1-2H3,(H,22,23). The lowest BCUT2D eigenvalue weighted by atomic mass is 9.88. The van der Waals surface area contributed by atoms with Gasteiger partial charge in [0.15, 0.2) is 5.69 Å². The molecule has 1 saturated heterocycles. The van der Waals surface area contributed by atoms with E-state index in [-0.39, 0.29) is 18.3 Å². The molecule has 1 atom stereocenters. The molecule has 0 saturated carbocycles. The van der Waals surface area contributed by atoms with Crippen LogP contribution in [0.2, 0.25) is 0 Å². The number of hydrogen-bond acceptors (Lipinski definition) is 4. The molecule has 0 spiro atoms. The second kappa shape index (κ2) is 5.82. The van der Waals surface area contributed by atoms with Gasteiger partial charge in [0, 0.05) is 19.5 Å². The van der Waals surface area contributed by atoms with Crippen molar-refractivity contribution in [1.29, 1.82) is 0 Å². The van der Waals surface area contributed by atoms with Crippen molar-refractivity contribution >= 4 is 11.9 Å². The Morgan fingerprint density at radius 1 is 1.39 bits per heavy atom. The summed E-state index contributed by atoms with van der Waals surface area (Å²) in [5, 5.41) is 16.0. The van der Waals surface area contributed by atoms with E-state index in [1.807, 2.05) is 0 Å². The van der Waals surface area contributed by atoms with Crippen LogP contribution in [-0.4, -0.2) is 56.1 Å². The third kappa shape index (κ3) is 3.62. The first kappa shape index (κ1) is 17.2. The fourth-order valence-corrected chi connectivity index (χ4v) is 2.33. The molecule has 10 heteroatoms. The number of nitrogens with zero attached hydrogens (tertiary/aromatic N) is 4. The minimum atomic E-state index is -4.45. The topological polar surface area (TPSA) is 88.3 Å². The van der Waals surface area contributed by atoms with Crippen molar-refractivity contribution in [2.45, 2.75) is 38.9 Å². The highest BCUT2D eigenvalue weighted by Crippen LogP contribution is 2.41. The summed E-state index contributed by atoms with van der Waals surface area (Å²) in [4.78, 5) is 24.2. The van der Waals surface area contributed by atoms with Gasteiger partial charge in [0.1, 0.15) is 0 Å². The third-order valence-corrected chi connectivity index (χ3v) is 3.98. The number of halogens is 3. The van der Waals surface area contributed by atoms with Crippen LogP contribution < -0.4 is 0 Å². The van der Waals surface area contributed by atoms with Gasteiger partial charge in [-0.05, 0) is 6.42 Å². The molecule has 7 nitrogen and oxygen atoms in total. The first-order chi connectivity index (χ1) is 10.5. The molecule has 1 unspecified atom stereocenters. The van der Waals surface area contributed by atoms with Crippen LogP contribution >= 0.6 is 0 Å². The quantitative estimate of drug-likeness (QED) is 0.906. The van der Waals surface area contributed by atoms with Gasteiger partial charge in [-0.15, -0.1) is 5.10 Å². The maximum atomic E-state index is 12.9. The van der Waals surface area contributed by atoms with Crippen LogP contribution in [0, 0.1) is 5.41 Å². The van der Waals surface area contributed by atoms with Gasteiger partial charge in [0.05, 0.1) is 17.7 Å². The number of hydrogen-bond donors (Lipinski definition) is 1. The molecule has 1 N–H and O–H groups in total. The van der Waals surface area contributed by atoms with E-state index in [0.29, 0.717) is 13.0 Å². The molecule has 0 radical (unpaired) electrons. The predicted octanol–water partition coefficient (Wildman–Crippen LogP) is 1.73. The summed E-state index contributed by atoms with van der Waals surface area (Å²) in [6.45, 7) is 2.49. The lowest BCUT2D eigenvalue weighted by molar-refractivity contribution is -0.215. The highest BCUT2D eigenvalue weighted by atomic mass is 19.4. The summed E-state index contributed by atoms with van der Waals surface area (Å²) < 4.78 is 39.9. The van der Waals surface area contributed by atoms with Gasteiger partial charge in [0.2, 0.25) is 5.91 Å². The SMILES string of the molecule is CC(C)(CC(=O)N1CCC(n2cc(C(=O)O)nn2)C1)C(F)(F)F. The van der Waals surface area contributed by atoms with Crippen molar-refractivity contribution < 1.29 is 27.9 Å². The number of aromatic nitrogens is 3. The molecule has 1 aromatic rings.